The second-order valence-corrected chi connectivity index (χ2v) is 5.77. The summed E-state index contributed by atoms with van der Waals surface area (Å²) in [6.07, 6.45) is 1.47. The molecule has 0 atom stereocenters. The number of hydrogen-bond acceptors (Lipinski definition) is 3. The topological polar surface area (TPSA) is 38.8 Å². The van der Waals surface area contributed by atoms with Gasteiger partial charge in [-0.2, -0.15) is 0 Å². The van der Waals surface area contributed by atoms with E-state index in [-0.39, 0.29) is 5.91 Å². The van der Waals surface area contributed by atoms with Gasteiger partial charge in [-0.25, -0.2) is 0 Å². The molecule has 1 spiro atoms. The van der Waals surface area contributed by atoms with E-state index in [4.69, 9.17) is 21.1 Å². The fraction of sp³-hybridized carbons (Fsp3) is 0.533. The molecule has 0 unspecified atom stereocenters. The van der Waals surface area contributed by atoms with Crippen LogP contribution in [0, 0.1) is 6.92 Å². The number of carbonyl (C=O) groups excluding carboxylic acids is 1. The number of nitrogens with zero attached hydrogens (tertiary/aromatic N) is 1. The van der Waals surface area contributed by atoms with Gasteiger partial charge in [0, 0.05) is 36.5 Å². The number of rotatable bonds is 1. The minimum absolute atomic E-state index is 0.0275. The Morgan fingerprint density at radius 3 is 2.50 bits per heavy atom. The van der Waals surface area contributed by atoms with E-state index in [1.807, 2.05) is 24.0 Å². The zero-order valence-electron chi connectivity index (χ0n) is 11.5. The van der Waals surface area contributed by atoms with Crippen molar-refractivity contribution in [1.29, 1.82) is 0 Å². The zero-order valence-corrected chi connectivity index (χ0v) is 12.3. The van der Waals surface area contributed by atoms with E-state index < -0.39 is 5.79 Å². The Labute approximate surface area is 123 Å². The summed E-state index contributed by atoms with van der Waals surface area (Å²) in [4.78, 5) is 14.3. The van der Waals surface area contributed by atoms with E-state index in [9.17, 15) is 4.79 Å². The fourth-order valence-corrected chi connectivity index (χ4v) is 2.93. The highest BCUT2D eigenvalue weighted by molar-refractivity contribution is 6.31. The van der Waals surface area contributed by atoms with Crippen LogP contribution in [-0.4, -0.2) is 42.9 Å². The average Bonchev–Trinajstić information content (AvgIpc) is 2.90. The van der Waals surface area contributed by atoms with Crippen LogP contribution in [0.15, 0.2) is 18.2 Å². The maximum atomic E-state index is 12.5. The van der Waals surface area contributed by atoms with Gasteiger partial charge in [0.1, 0.15) is 0 Å². The summed E-state index contributed by atoms with van der Waals surface area (Å²) in [6.45, 7) is 4.55. The lowest BCUT2D eigenvalue weighted by Gasteiger charge is -2.37. The number of benzene rings is 1. The molecule has 0 saturated carbocycles. The number of hydrogen-bond donors (Lipinski definition) is 0. The van der Waals surface area contributed by atoms with Crippen LogP contribution in [0.25, 0.3) is 0 Å². The van der Waals surface area contributed by atoms with Gasteiger partial charge < -0.3 is 14.4 Å². The van der Waals surface area contributed by atoms with Crippen molar-refractivity contribution in [2.45, 2.75) is 25.6 Å². The van der Waals surface area contributed by atoms with Crippen molar-refractivity contribution in [2.75, 3.05) is 26.3 Å². The minimum Gasteiger partial charge on any atom is -0.347 e. The van der Waals surface area contributed by atoms with Gasteiger partial charge in [0.05, 0.1) is 13.2 Å². The van der Waals surface area contributed by atoms with Gasteiger partial charge in [0.2, 0.25) is 0 Å². The number of carbonyl (C=O) groups is 1. The molecule has 3 rings (SSSR count). The standard InChI is InChI=1S/C15H18ClNO3/c1-11-2-3-12(10-13(11)16)14(18)17-6-4-15(5-7-17)19-8-9-20-15/h2-3,10H,4-9H2,1H3. The van der Waals surface area contributed by atoms with Crippen LogP contribution in [0.3, 0.4) is 0 Å². The molecule has 1 amide bonds. The Hall–Kier alpha value is -1.10. The molecule has 1 aromatic carbocycles. The molecule has 108 valence electrons. The number of halogens is 1. The molecule has 0 bridgehead atoms. The van der Waals surface area contributed by atoms with Crippen LogP contribution < -0.4 is 0 Å². The van der Waals surface area contributed by atoms with Crippen LogP contribution >= 0.6 is 11.6 Å². The monoisotopic (exact) mass is 295 g/mol. The first kappa shape index (κ1) is 13.9. The predicted molar refractivity (Wildman–Crippen MR) is 76.0 cm³/mol. The van der Waals surface area contributed by atoms with E-state index in [2.05, 4.69) is 0 Å². The highest BCUT2D eigenvalue weighted by atomic mass is 35.5. The number of piperidine rings is 1. The van der Waals surface area contributed by atoms with Crippen molar-refractivity contribution >= 4 is 17.5 Å². The van der Waals surface area contributed by atoms with Gasteiger partial charge in [0.15, 0.2) is 5.79 Å². The largest absolute Gasteiger partial charge is 0.347 e. The molecule has 20 heavy (non-hydrogen) atoms. The first-order valence-corrected chi connectivity index (χ1v) is 7.31. The molecule has 0 N–H and O–H groups in total. The van der Waals surface area contributed by atoms with Gasteiger partial charge >= 0.3 is 0 Å². The smallest absolute Gasteiger partial charge is 0.253 e. The second kappa shape index (κ2) is 5.35. The Kier molecular flexibility index (Phi) is 3.71. The maximum Gasteiger partial charge on any atom is 0.253 e. The van der Waals surface area contributed by atoms with E-state index >= 15 is 0 Å². The van der Waals surface area contributed by atoms with Crippen LogP contribution in [0.5, 0.6) is 0 Å². The van der Waals surface area contributed by atoms with Gasteiger partial charge in [-0.05, 0) is 24.6 Å². The molecule has 2 fully saturated rings. The highest BCUT2D eigenvalue weighted by Gasteiger charge is 2.40. The van der Waals surface area contributed by atoms with E-state index in [1.165, 1.54) is 0 Å². The second-order valence-electron chi connectivity index (χ2n) is 5.36. The normalized spacial score (nSPS) is 21.4. The van der Waals surface area contributed by atoms with Crippen LogP contribution in [-0.2, 0) is 9.47 Å². The summed E-state index contributed by atoms with van der Waals surface area (Å²) in [5.41, 5.74) is 1.62. The Bertz CT molecular complexity index is 516. The van der Waals surface area contributed by atoms with Gasteiger partial charge in [-0.1, -0.05) is 17.7 Å². The van der Waals surface area contributed by atoms with Crippen molar-refractivity contribution in [3.63, 3.8) is 0 Å². The van der Waals surface area contributed by atoms with Crippen molar-refractivity contribution in [3.05, 3.63) is 34.3 Å². The van der Waals surface area contributed by atoms with Gasteiger partial charge in [0.25, 0.3) is 5.91 Å². The molecular formula is C15H18ClNO3. The van der Waals surface area contributed by atoms with Crippen molar-refractivity contribution in [2.24, 2.45) is 0 Å². The van der Waals surface area contributed by atoms with E-state index in [1.54, 1.807) is 6.07 Å². The molecule has 5 heteroatoms. The molecule has 2 saturated heterocycles. The molecule has 0 aromatic heterocycles. The first-order chi connectivity index (χ1) is 9.60. The highest BCUT2D eigenvalue weighted by Crippen LogP contribution is 2.31. The van der Waals surface area contributed by atoms with Crippen LogP contribution in [0.1, 0.15) is 28.8 Å². The molecule has 0 aliphatic carbocycles. The van der Waals surface area contributed by atoms with Gasteiger partial charge in [-0.15, -0.1) is 0 Å². The molecule has 4 nitrogen and oxygen atoms in total. The predicted octanol–water partition coefficient (Wildman–Crippen LogP) is 2.63. The van der Waals surface area contributed by atoms with Crippen molar-refractivity contribution < 1.29 is 14.3 Å². The summed E-state index contributed by atoms with van der Waals surface area (Å²) < 4.78 is 11.3. The molecule has 0 radical (unpaired) electrons. The summed E-state index contributed by atoms with van der Waals surface area (Å²) in [6, 6.07) is 5.45. The third-order valence-corrected chi connectivity index (χ3v) is 4.45. The Morgan fingerprint density at radius 2 is 1.90 bits per heavy atom. The SMILES string of the molecule is Cc1ccc(C(=O)N2CCC3(CC2)OCCO3)cc1Cl. The Balaban J connectivity index is 1.68. The first-order valence-electron chi connectivity index (χ1n) is 6.93. The lowest BCUT2D eigenvalue weighted by atomic mass is 10.0. The van der Waals surface area contributed by atoms with Crippen LogP contribution in [0.4, 0.5) is 0 Å². The van der Waals surface area contributed by atoms with Crippen LogP contribution in [0.2, 0.25) is 5.02 Å². The van der Waals surface area contributed by atoms with Gasteiger partial charge in [-0.3, -0.25) is 4.79 Å². The summed E-state index contributed by atoms with van der Waals surface area (Å²) >= 11 is 6.08. The van der Waals surface area contributed by atoms with E-state index in [0.29, 0.717) is 36.9 Å². The maximum absolute atomic E-state index is 12.5. The van der Waals surface area contributed by atoms with Crippen molar-refractivity contribution in [3.8, 4) is 0 Å². The molecule has 2 heterocycles. The summed E-state index contributed by atoms with van der Waals surface area (Å²) in [7, 11) is 0. The lowest BCUT2D eigenvalue weighted by Crippen LogP contribution is -2.47. The number of ether oxygens (including phenoxy) is 2. The fourth-order valence-electron chi connectivity index (χ4n) is 2.74. The zero-order chi connectivity index (χ0) is 14.2. The summed E-state index contributed by atoms with van der Waals surface area (Å²) in [5.74, 6) is -0.415. The Morgan fingerprint density at radius 1 is 1.25 bits per heavy atom. The third kappa shape index (κ3) is 2.55. The number of amides is 1. The molecular weight excluding hydrogens is 278 g/mol. The van der Waals surface area contributed by atoms with Crippen molar-refractivity contribution in [1.82, 2.24) is 4.90 Å². The minimum atomic E-state index is -0.443. The van der Waals surface area contributed by atoms with E-state index in [0.717, 1.165) is 18.4 Å². The molecule has 2 aliphatic heterocycles. The molecule has 1 aromatic rings. The molecule has 2 aliphatic rings. The summed E-state index contributed by atoms with van der Waals surface area (Å²) in [5, 5.41) is 0.631. The lowest BCUT2D eigenvalue weighted by molar-refractivity contribution is -0.181. The quantitative estimate of drug-likeness (QED) is 0.799. The third-order valence-electron chi connectivity index (χ3n) is 4.04. The average molecular weight is 296 g/mol. The number of likely N-dealkylation sites (tertiary alicyclic amines) is 1. The number of aryl methyl sites for hydroxylation is 1.